The maximum absolute atomic E-state index is 11.0. The zero-order valence-corrected chi connectivity index (χ0v) is 12.3. The van der Waals surface area contributed by atoms with Crippen LogP contribution in [0.3, 0.4) is 0 Å². The van der Waals surface area contributed by atoms with Crippen molar-refractivity contribution in [3.63, 3.8) is 0 Å². The summed E-state index contributed by atoms with van der Waals surface area (Å²) < 4.78 is 5.86. The van der Waals surface area contributed by atoms with Crippen LogP contribution in [0, 0.1) is 0 Å². The van der Waals surface area contributed by atoms with Gasteiger partial charge in [0.25, 0.3) is 0 Å². The summed E-state index contributed by atoms with van der Waals surface area (Å²) in [6.45, 7) is 7.04. The average Bonchev–Trinajstić information content (AvgIpc) is 2.33. The lowest BCUT2D eigenvalue weighted by molar-refractivity contribution is -0.131. The van der Waals surface area contributed by atoms with Crippen LogP contribution >= 0.6 is 15.9 Å². The number of halogens is 1. The highest BCUT2D eigenvalue weighted by atomic mass is 79.9. The van der Waals surface area contributed by atoms with Crippen LogP contribution in [0.2, 0.25) is 0 Å². The lowest BCUT2D eigenvalue weighted by Crippen LogP contribution is -2.22. The van der Waals surface area contributed by atoms with Gasteiger partial charge in [-0.3, -0.25) is 9.59 Å². The monoisotopic (exact) mass is 313 g/mol. The van der Waals surface area contributed by atoms with Gasteiger partial charge < -0.3 is 9.64 Å². The second kappa shape index (κ2) is 6.54. The Morgan fingerprint density at radius 3 is 2.44 bits per heavy atom. The van der Waals surface area contributed by atoms with E-state index < -0.39 is 5.97 Å². The third kappa shape index (κ3) is 3.32. The fourth-order valence-corrected chi connectivity index (χ4v) is 2.31. The topological polar surface area (TPSA) is 46.6 Å². The summed E-state index contributed by atoms with van der Waals surface area (Å²) in [5.74, 6) is -0.145. The molecule has 0 aromatic heterocycles. The second-order valence-electron chi connectivity index (χ2n) is 3.73. The minimum Gasteiger partial charge on any atom is -0.426 e. The van der Waals surface area contributed by atoms with Gasteiger partial charge in [-0.2, -0.15) is 0 Å². The molecule has 0 amide bonds. The first kappa shape index (κ1) is 14.7. The number of rotatable bonds is 5. The van der Waals surface area contributed by atoms with Crippen molar-refractivity contribution in [2.75, 3.05) is 18.0 Å². The Labute approximate surface area is 115 Å². The molecule has 0 aliphatic carbocycles. The number of benzene rings is 1. The Bertz CT molecular complexity index is 456. The maximum Gasteiger partial charge on any atom is 0.308 e. The molecule has 98 valence electrons. The van der Waals surface area contributed by atoms with Crippen LogP contribution in [0.15, 0.2) is 16.6 Å². The molecule has 1 aromatic rings. The quantitative estimate of drug-likeness (QED) is 0.476. The Morgan fingerprint density at radius 1 is 1.39 bits per heavy atom. The van der Waals surface area contributed by atoms with Gasteiger partial charge in [-0.1, -0.05) is 0 Å². The molecular formula is C13H16BrNO3. The van der Waals surface area contributed by atoms with E-state index in [1.807, 2.05) is 13.8 Å². The molecule has 0 saturated carbocycles. The van der Waals surface area contributed by atoms with Crippen molar-refractivity contribution in [3.8, 4) is 5.75 Å². The number of anilines is 1. The molecule has 5 heteroatoms. The minimum atomic E-state index is -0.439. The Kier molecular flexibility index (Phi) is 5.34. The van der Waals surface area contributed by atoms with Gasteiger partial charge in [-0.05, 0) is 35.8 Å². The summed E-state index contributed by atoms with van der Waals surface area (Å²) in [6, 6.07) is 3.38. The van der Waals surface area contributed by atoms with Crippen LogP contribution in [0.1, 0.15) is 31.1 Å². The molecule has 0 atom stereocenters. The van der Waals surface area contributed by atoms with Gasteiger partial charge in [0.1, 0.15) is 5.75 Å². The van der Waals surface area contributed by atoms with Gasteiger partial charge in [0.15, 0.2) is 6.29 Å². The Hall–Kier alpha value is -1.36. The molecule has 0 aliphatic heterocycles. The molecule has 1 aromatic carbocycles. The lowest BCUT2D eigenvalue weighted by Gasteiger charge is -2.23. The fourth-order valence-electron chi connectivity index (χ4n) is 1.70. The third-order valence-electron chi connectivity index (χ3n) is 2.56. The molecule has 0 spiro atoms. The number of aldehydes is 1. The number of carbonyl (C=O) groups excluding carboxylic acids is 2. The van der Waals surface area contributed by atoms with Crippen LogP contribution in [0.25, 0.3) is 0 Å². The summed E-state index contributed by atoms with van der Waals surface area (Å²) >= 11 is 3.43. The van der Waals surface area contributed by atoms with E-state index in [0.717, 1.165) is 23.2 Å². The van der Waals surface area contributed by atoms with E-state index in [1.165, 1.54) is 6.92 Å². The third-order valence-corrected chi connectivity index (χ3v) is 3.20. The van der Waals surface area contributed by atoms with Gasteiger partial charge in [0, 0.05) is 30.6 Å². The van der Waals surface area contributed by atoms with E-state index in [9.17, 15) is 9.59 Å². The Morgan fingerprint density at radius 2 is 2.00 bits per heavy atom. The van der Waals surface area contributed by atoms with Gasteiger partial charge >= 0.3 is 5.97 Å². The molecule has 0 unspecified atom stereocenters. The fraction of sp³-hybridized carbons (Fsp3) is 0.385. The molecule has 0 radical (unpaired) electrons. The number of esters is 1. The molecule has 0 bridgehead atoms. The van der Waals surface area contributed by atoms with Crippen LogP contribution < -0.4 is 9.64 Å². The SMILES string of the molecule is CCN(CC)c1cc(OC(C)=O)c(C=O)cc1Br. The highest BCUT2D eigenvalue weighted by Crippen LogP contribution is 2.33. The molecular weight excluding hydrogens is 298 g/mol. The van der Waals surface area contributed by atoms with E-state index in [0.29, 0.717) is 17.6 Å². The van der Waals surface area contributed by atoms with Gasteiger partial charge in [0.2, 0.25) is 0 Å². The van der Waals surface area contributed by atoms with Crippen molar-refractivity contribution in [2.45, 2.75) is 20.8 Å². The zero-order chi connectivity index (χ0) is 13.7. The van der Waals surface area contributed by atoms with E-state index >= 15 is 0 Å². The summed E-state index contributed by atoms with van der Waals surface area (Å²) in [7, 11) is 0. The van der Waals surface area contributed by atoms with Crippen molar-refractivity contribution < 1.29 is 14.3 Å². The molecule has 0 aliphatic rings. The average molecular weight is 314 g/mol. The summed E-state index contributed by atoms with van der Waals surface area (Å²) in [5, 5.41) is 0. The maximum atomic E-state index is 11.0. The number of carbonyl (C=O) groups is 2. The molecule has 1 rings (SSSR count). The first-order valence-electron chi connectivity index (χ1n) is 5.75. The number of nitrogens with zero attached hydrogens (tertiary/aromatic N) is 1. The van der Waals surface area contributed by atoms with Crippen molar-refractivity contribution in [3.05, 3.63) is 22.2 Å². The molecule has 0 N–H and O–H groups in total. The normalized spacial score (nSPS) is 10.0. The van der Waals surface area contributed by atoms with E-state index in [2.05, 4.69) is 20.8 Å². The van der Waals surface area contributed by atoms with Crippen LogP contribution in [0.4, 0.5) is 5.69 Å². The zero-order valence-electron chi connectivity index (χ0n) is 10.7. The minimum absolute atomic E-state index is 0.294. The van der Waals surface area contributed by atoms with Crippen molar-refractivity contribution >= 4 is 33.9 Å². The van der Waals surface area contributed by atoms with Crippen LogP contribution in [-0.4, -0.2) is 25.3 Å². The van der Waals surface area contributed by atoms with E-state index in [4.69, 9.17) is 4.74 Å². The van der Waals surface area contributed by atoms with Crippen LogP contribution in [0.5, 0.6) is 5.75 Å². The highest BCUT2D eigenvalue weighted by Gasteiger charge is 2.14. The molecule has 0 fully saturated rings. The second-order valence-corrected chi connectivity index (χ2v) is 4.58. The number of ether oxygens (including phenoxy) is 1. The van der Waals surface area contributed by atoms with E-state index in [-0.39, 0.29) is 0 Å². The first-order valence-corrected chi connectivity index (χ1v) is 6.54. The predicted molar refractivity (Wildman–Crippen MR) is 74.4 cm³/mol. The first-order chi connectivity index (χ1) is 8.53. The Balaban J connectivity index is 3.28. The summed E-state index contributed by atoms with van der Waals surface area (Å²) in [5.41, 5.74) is 1.26. The van der Waals surface area contributed by atoms with Crippen molar-refractivity contribution in [1.82, 2.24) is 0 Å². The highest BCUT2D eigenvalue weighted by molar-refractivity contribution is 9.10. The smallest absolute Gasteiger partial charge is 0.308 e. The van der Waals surface area contributed by atoms with Gasteiger partial charge in [0.05, 0.1) is 11.3 Å². The molecule has 18 heavy (non-hydrogen) atoms. The number of hydrogen-bond donors (Lipinski definition) is 0. The van der Waals surface area contributed by atoms with Gasteiger partial charge in [-0.25, -0.2) is 0 Å². The van der Waals surface area contributed by atoms with Crippen LogP contribution in [-0.2, 0) is 4.79 Å². The molecule has 4 nitrogen and oxygen atoms in total. The number of hydrogen-bond acceptors (Lipinski definition) is 4. The van der Waals surface area contributed by atoms with Crippen molar-refractivity contribution in [2.24, 2.45) is 0 Å². The van der Waals surface area contributed by atoms with Gasteiger partial charge in [-0.15, -0.1) is 0 Å². The molecule has 0 heterocycles. The predicted octanol–water partition coefficient (Wildman–Crippen LogP) is 3.03. The summed E-state index contributed by atoms with van der Waals surface area (Å²) in [4.78, 5) is 24.1. The van der Waals surface area contributed by atoms with E-state index in [1.54, 1.807) is 12.1 Å². The molecule has 0 saturated heterocycles. The summed E-state index contributed by atoms with van der Waals surface area (Å²) in [6.07, 6.45) is 0.676. The standard InChI is InChI=1S/C13H16BrNO3/c1-4-15(5-2)12-7-13(18-9(3)17)10(8-16)6-11(12)14/h6-8H,4-5H2,1-3H3. The van der Waals surface area contributed by atoms with Crippen molar-refractivity contribution in [1.29, 1.82) is 0 Å². The largest absolute Gasteiger partial charge is 0.426 e. The lowest BCUT2D eigenvalue weighted by atomic mass is 10.2.